The number of hydrogen-bond acceptors (Lipinski definition) is 1. The molecule has 0 unspecified atom stereocenters. The summed E-state index contributed by atoms with van der Waals surface area (Å²) in [5.41, 5.74) is 1.92. The molecule has 4 heteroatoms. The highest BCUT2D eigenvalue weighted by Gasteiger charge is 2.04. The minimum Gasteiger partial charge on any atom is -0.486 e. The standard InChI is InChI=1S/C14H11BrFIO/c15-8-11-3-6-14(13(16)7-11)18-9-10-1-4-12(17)5-2-10/h1-7H,8-9H2. The van der Waals surface area contributed by atoms with Crippen molar-refractivity contribution in [3.8, 4) is 5.75 Å². The maximum absolute atomic E-state index is 13.7. The lowest BCUT2D eigenvalue weighted by atomic mass is 10.2. The highest BCUT2D eigenvalue weighted by molar-refractivity contribution is 14.1. The fraction of sp³-hybridized carbons (Fsp3) is 0.143. The Kier molecular flexibility index (Phi) is 5.00. The average molecular weight is 421 g/mol. The molecular weight excluding hydrogens is 410 g/mol. The zero-order valence-corrected chi connectivity index (χ0v) is 13.2. The summed E-state index contributed by atoms with van der Waals surface area (Å²) < 4.78 is 20.3. The van der Waals surface area contributed by atoms with E-state index in [0.717, 1.165) is 11.1 Å². The molecule has 0 fully saturated rings. The average Bonchev–Trinajstić information content (AvgIpc) is 2.39. The van der Waals surface area contributed by atoms with Crippen LogP contribution in [-0.2, 0) is 11.9 Å². The fourth-order valence-electron chi connectivity index (χ4n) is 1.49. The molecule has 0 aliphatic heterocycles. The molecule has 2 aromatic rings. The van der Waals surface area contributed by atoms with Crippen molar-refractivity contribution in [2.24, 2.45) is 0 Å². The van der Waals surface area contributed by atoms with Crippen molar-refractivity contribution >= 4 is 38.5 Å². The van der Waals surface area contributed by atoms with E-state index in [1.807, 2.05) is 30.3 Å². The second-order valence-electron chi connectivity index (χ2n) is 3.81. The Bertz CT molecular complexity index is 528. The molecule has 0 bridgehead atoms. The van der Waals surface area contributed by atoms with Gasteiger partial charge in [-0.25, -0.2) is 4.39 Å². The summed E-state index contributed by atoms with van der Waals surface area (Å²) >= 11 is 5.53. The second-order valence-corrected chi connectivity index (χ2v) is 5.62. The lowest BCUT2D eigenvalue weighted by Crippen LogP contribution is -1.98. The van der Waals surface area contributed by atoms with E-state index in [1.165, 1.54) is 9.64 Å². The van der Waals surface area contributed by atoms with Gasteiger partial charge >= 0.3 is 0 Å². The first-order valence-corrected chi connectivity index (χ1v) is 7.60. The summed E-state index contributed by atoms with van der Waals surface area (Å²) in [6.45, 7) is 0.376. The van der Waals surface area contributed by atoms with Gasteiger partial charge in [0.1, 0.15) is 6.61 Å². The van der Waals surface area contributed by atoms with E-state index in [-0.39, 0.29) is 5.82 Å². The molecule has 0 radical (unpaired) electrons. The molecule has 0 saturated heterocycles. The molecule has 0 heterocycles. The third kappa shape index (κ3) is 3.68. The summed E-state index contributed by atoms with van der Waals surface area (Å²) in [6.07, 6.45) is 0. The first kappa shape index (κ1) is 13.8. The lowest BCUT2D eigenvalue weighted by Gasteiger charge is -2.08. The molecular formula is C14H11BrFIO. The third-order valence-electron chi connectivity index (χ3n) is 2.46. The highest BCUT2D eigenvalue weighted by Crippen LogP contribution is 2.21. The molecule has 0 saturated carbocycles. The Morgan fingerprint density at radius 2 is 1.72 bits per heavy atom. The first-order chi connectivity index (χ1) is 8.69. The van der Waals surface area contributed by atoms with Gasteiger partial charge in [0.05, 0.1) is 0 Å². The van der Waals surface area contributed by atoms with E-state index in [9.17, 15) is 4.39 Å². The SMILES string of the molecule is Fc1cc(CBr)ccc1OCc1ccc(I)cc1. The Balaban J connectivity index is 2.04. The first-order valence-electron chi connectivity index (χ1n) is 5.40. The fourth-order valence-corrected chi connectivity index (χ4v) is 2.19. The summed E-state index contributed by atoms with van der Waals surface area (Å²) in [6, 6.07) is 13.0. The van der Waals surface area contributed by atoms with Gasteiger partial charge < -0.3 is 4.74 Å². The zero-order valence-electron chi connectivity index (χ0n) is 9.50. The minimum atomic E-state index is -0.322. The van der Waals surface area contributed by atoms with Gasteiger partial charge in [0.25, 0.3) is 0 Å². The number of rotatable bonds is 4. The largest absolute Gasteiger partial charge is 0.486 e. The molecule has 0 amide bonds. The Hall–Kier alpha value is -0.620. The van der Waals surface area contributed by atoms with E-state index in [1.54, 1.807) is 6.07 Å². The van der Waals surface area contributed by atoms with Crippen LogP contribution in [0.3, 0.4) is 0 Å². The Morgan fingerprint density at radius 1 is 1.06 bits per heavy atom. The smallest absolute Gasteiger partial charge is 0.165 e. The number of alkyl halides is 1. The van der Waals surface area contributed by atoms with Crippen LogP contribution in [0.25, 0.3) is 0 Å². The van der Waals surface area contributed by atoms with E-state index < -0.39 is 0 Å². The Morgan fingerprint density at radius 3 is 2.33 bits per heavy atom. The van der Waals surface area contributed by atoms with Gasteiger partial charge in [-0.1, -0.05) is 34.1 Å². The van der Waals surface area contributed by atoms with Crippen LogP contribution in [0.1, 0.15) is 11.1 Å². The number of ether oxygens (including phenoxy) is 1. The van der Waals surface area contributed by atoms with Gasteiger partial charge in [0, 0.05) is 8.90 Å². The molecule has 0 aliphatic rings. The zero-order chi connectivity index (χ0) is 13.0. The van der Waals surface area contributed by atoms with Gasteiger partial charge in [-0.3, -0.25) is 0 Å². The van der Waals surface area contributed by atoms with E-state index in [4.69, 9.17) is 4.74 Å². The predicted molar refractivity (Wildman–Crippen MR) is 82.5 cm³/mol. The van der Waals surface area contributed by atoms with E-state index in [0.29, 0.717) is 17.7 Å². The van der Waals surface area contributed by atoms with Crippen LogP contribution < -0.4 is 4.74 Å². The van der Waals surface area contributed by atoms with Crippen LogP contribution >= 0.6 is 38.5 Å². The number of benzene rings is 2. The maximum atomic E-state index is 13.7. The second kappa shape index (κ2) is 6.52. The molecule has 0 spiro atoms. The summed E-state index contributed by atoms with van der Waals surface area (Å²) in [4.78, 5) is 0. The van der Waals surface area contributed by atoms with E-state index >= 15 is 0 Å². The maximum Gasteiger partial charge on any atom is 0.165 e. The van der Waals surface area contributed by atoms with Crippen molar-refractivity contribution in [2.45, 2.75) is 11.9 Å². The molecule has 94 valence electrons. The molecule has 0 aromatic heterocycles. The molecule has 0 atom stereocenters. The topological polar surface area (TPSA) is 9.23 Å². The van der Waals surface area contributed by atoms with Crippen LogP contribution in [0.4, 0.5) is 4.39 Å². The molecule has 1 nitrogen and oxygen atoms in total. The van der Waals surface area contributed by atoms with Crippen molar-refractivity contribution in [2.75, 3.05) is 0 Å². The predicted octanol–water partition coefficient (Wildman–Crippen LogP) is 4.90. The van der Waals surface area contributed by atoms with Crippen molar-refractivity contribution in [1.82, 2.24) is 0 Å². The molecule has 2 aromatic carbocycles. The number of hydrogen-bond donors (Lipinski definition) is 0. The summed E-state index contributed by atoms with van der Waals surface area (Å²) in [5, 5.41) is 0.640. The van der Waals surface area contributed by atoms with Crippen molar-refractivity contribution in [3.63, 3.8) is 0 Å². The molecule has 2 rings (SSSR count). The van der Waals surface area contributed by atoms with Crippen molar-refractivity contribution in [1.29, 1.82) is 0 Å². The van der Waals surface area contributed by atoms with Gasteiger partial charge in [0.2, 0.25) is 0 Å². The molecule has 0 N–H and O–H groups in total. The van der Waals surface area contributed by atoms with Crippen LogP contribution in [0, 0.1) is 9.39 Å². The number of halogens is 3. The lowest BCUT2D eigenvalue weighted by molar-refractivity contribution is 0.290. The molecule has 18 heavy (non-hydrogen) atoms. The van der Waals surface area contributed by atoms with E-state index in [2.05, 4.69) is 38.5 Å². The van der Waals surface area contributed by atoms with Crippen LogP contribution in [0.15, 0.2) is 42.5 Å². The van der Waals surface area contributed by atoms with Gasteiger partial charge in [-0.15, -0.1) is 0 Å². The quantitative estimate of drug-likeness (QED) is 0.504. The molecule has 0 aliphatic carbocycles. The normalized spacial score (nSPS) is 10.4. The van der Waals surface area contributed by atoms with Crippen LogP contribution in [0.2, 0.25) is 0 Å². The highest BCUT2D eigenvalue weighted by atomic mass is 127. The summed E-state index contributed by atoms with van der Waals surface area (Å²) in [7, 11) is 0. The minimum absolute atomic E-state index is 0.290. The van der Waals surface area contributed by atoms with Crippen molar-refractivity contribution in [3.05, 3.63) is 63.0 Å². The van der Waals surface area contributed by atoms with Crippen LogP contribution in [-0.4, -0.2) is 0 Å². The van der Waals surface area contributed by atoms with Crippen LogP contribution in [0.5, 0.6) is 5.75 Å². The summed E-state index contributed by atoms with van der Waals surface area (Å²) in [5.74, 6) is -0.0317. The third-order valence-corrected chi connectivity index (χ3v) is 3.82. The Labute approximate surface area is 128 Å². The van der Waals surface area contributed by atoms with Gasteiger partial charge in [-0.2, -0.15) is 0 Å². The van der Waals surface area contributed by atoms with Gasteiger partial charge in [-0.05, 0) is 58.0 Å². The van der Waals surface area contributed by atoms with Crippen molar-refractivity contribution < 1.29 is 9.13 Å². The monoisotopic (exact) mass is 420 g/mol. The van der Waals surface area contributed by atoms with Gasteiger partial charge in [0.15, 0.2) is 11.6 Å².